The van der Waals surface area contributed by atoms with Crippen LogP contribution >= 0.6 is 0 Å². The normalized spacial score (nSPS) is 20.2. The molecule has 3 heteroatoms. The molecule has 0 spiro atoms. The van der Waals surface area contributed by atoms with E-state index < -0.39 is 0 Å². The Morgan fingerprint density at radius 3 is 2.90 bits per heavy atom. The summed E-state index contributed by atoms with van der Waals surface area (Å²) in [6, 6.07) is 7.70. The number of nitrogens with one attached hydrogen (secondary N) is 1. The van der Waals surface area contributed by atoms with Crippen molar-refractivity contribution in [1.82, 2.24) is 5.32 Å². The zero-order valence-corrected chi connectivity index (χ0v) is 12.3. The molecule has 1 aliphatic heterocycles. The van der Waals surface area contributed by atoms with Gasteiger partial charge in [0.2, 0.25) is 0 Å². The largest absolute Gasteiger partial charge is 0.374 e. The van der Waals surface area contributed by atoms with Gasteiger partial charge in [-0.05, 0) is 42.9 Å². The number of nitrogens with zero attached hydrogens (tertiary/aromatic N) is 1. The average Bonchev–Trinajstić information content (AvgIpc) is 2.97. The topological polar surface area (TPSA) is 41.3 Å². The number of rotatable bonds is 4. The number of hydrogen-bond donors (Lipinski definition) is 2. The van der Waals surface area contributed by atoms with E-state index >= 15 is 0 Å². The first-order valence-corrected chi connectivity index (χ1v) is 7.73. The second-order valence-corrected chi connectivity index (χ2v) is 6.01. The molecule has 3 rings (SSSR count). The van der Waals surface area contributed by atoms with Gasteiger partial charge in [-0.2, -0.15) is 0 Å². The molecule has 1 aromatic carbocycles. The van der Waals surface area contributed by atoms with Gasteiger partial charge >= 0.3 is 0 Å². The van der Waals surface area contributed by atoms with Gasteiger partial charge in [0, 0.05) is 37.9 Å². The fourth-order valence-corrected chi connectivity index (χ4v) is 3.36. The molecule has 0 fully saturated rings. The van der Waals surface area contributed by atoms with Crippen molar-refractivity contribution >= 4 is 5.69 Å². The van der Waals surface area contributed by atoms with Crippen LogP contribution in [-0.4, -0.2) is 26.2 Å². The van der Waals surface area contributed by atoms with Crippen molar-refractivity contribution in [3.05, 3.63) is 41.5 Å². The summed E-state index contributed by atoms with van der Waals surface area (Å²) in [5.41, 5.74) is 10.2. The zero-order chi connectivity index (χ0) is 13.9. The smallest absolute Gasteiger partial charge is 0.0446 e. The zero-order valence-electron chi connectivity index (χ0n) is 12.3. The van der Waals surface area contributed by atoms with E-state index in [1.54, 1.807) is 0 Å². The Hall–Kier alpha value is -1.32. The van der Waals surface area contributed by atoms with Crippen LogP contribution in [0.4, 0.5) is 5.69 Å². The molecule has 2 aliphatic rings. The molecule has 0 radical (unpaired) electrons. The van der Waals surface area contributed by atoms with Crippen molar-refractivity contribution in [2.45, 2.75) is 37.8 Å². The highest BCUT2D eigenvalue weighted by Gasteiger charge is 2.19. The fourth-order valence-electron chi connectivity index (χ4n) is 3.36. The molecule has 0 amide bonds. The van der Waals surface area contributed by atoms with E-state index in [0.717, 1.165) is 12.8 Å². The van der Waals surface area contributed by atoms with Crippen LogP contribution in [0.1, 0.15) is 36.4 Å². The summed E-state index contributed by atoms with van der Waals surface area (Å²) in [6.45, 7) is 1.82. The molecule has 108 valence electrons. The molecule has 1 aromatic rings. The third kappa shape index (κ3) is 2.74. The van der Waals surface area contributed by atoms with Crippen molar-refractivity contribution in [1.29, 1.82) is 0 Å². The van der Waals surface area contributed by atoms with Crippen LogP contribution in [0.5, 0.6) is 0 Å². The monoisotopic (exact) mass is 271 g/mol. The fraction of sp³-hybridized carbons (Fsp3) is 0.529. The second kappa shape index (κ2) is 5.98. The lowest BCUT2D eigenvalue weighted by Gasteiger charge is -2.29. The van der Waals surface area contributed by atoms with Crippen molar-refractivity contribution in [3.63, 3.8) is 0 Å². The predicted molar refractivity (Wildman–Crippen MR) is 85.1 cm³/mol. The Balaban J connectivity index is 1.77. The molecule has 1 heterocycles. The number of anilines is 1. The van der Waals surface area contributed by atoms with Crippen LogP contribution < -0.4 is 16.0 Å². The van der Waals surface area contributed by atoms with Crippen molar-refractivity contribution in [2.24, 2.45) is 5.73 Å². The van der Waals surface area contributed by atoms with Gasteiger partial charge in [-0.25, -0.2) is 0 Å². The molecule has 1 unspecified atom stereocenters. The lowest BCUT2D eigenvalue weighted by atomic mass is 9.96. The first-order chi connectivity index (χ1) is 9.78. The van der Waals surface area contributed by atoms with Crippen molar-refractivity contribution in [3.8, 4) is 0 Å². The number of benzene rings is 1. The van der Waals surface area contributed by atoms with Crippen LogP contribution in [-0.2, 0) is 6.42 Å². The van der Waals surface area contributed by atoms with E-state index in [9.17, 15) is 0 Å². The summed E-state index contributed by atoms with van der Waals surface area (Å²) >= 11 is 0. The molecule has 0 bridgehead atoms. The minimum absolute atomic E-state index is 0.275. The first-order valence-electron chi connectivity index (χ1n) is 7.73. The number of hydrogen-bond acceptors (Lipinski definition) is 3. The SMILES string of the molecule is CN1CCCc2cc(C(CN)NC3CC=CC3)ccc21. The summed E-state index contributed by atoms with van der Waals surface area (Å²) < 4.78 is 0. The van der Waals surface area contributed by atoms with E-state index in [1.165, 1.54) is 36.2 Å². The minimum atomic E-state index is 0.275. The summed E-state index contributed by atoms with van der Waals surface area (Å²) in [7, 11) is 2.18. The highest BCUT2D eigenvalue weighted by Crippen LogP contribution is 2.29. The molecule has 1 aliphatic carbocycles. The summed E-state index contributed by atoms with van der Waals surface area (Å²) in [4.78, 5) is 2.36. The molecular formula is C17H25N3. The summed E-state index contributed by atoms with van der Waals surface area (Å²) in [5, 5.41) is 3.70. The number of fused-ring (bicyclic) bond motifs is 1. The van der Waals surface area contributed by atoms with Crippen LogP contribution in [0.2, 0.25) is 0 Å². The van der Waals surface area contributed by atoms with Gasteiger partial charge in [-0.15, -0.1) is 0 Å². The van der Waals surface area contributed by atoms with Crippen LogP contribution in [0.3, 0.4) is 0 Å². The lowest BCUT2D eigenvalue weighted by Crippen LogP contribution is -2.35. The first kappa shape index (κ1) is 13.7. The van der Waals surface area contributed by atoms with Crippen LogP contribution in [0.25, 0.3) is 0 Å². The Labute approximate surface area is 121 Å². The maximum Gasteiger partial charge on any atom is 0.0446 e. The molecule has 0 aromatic heterocycles. The Morgan fingerprint density at radius 1 is 1.35 bits per heavy atom. The summed E-state index contributed by atoms with van der Waals surface area (Å²) in [6.07, 6.45) is 9.21. The van der Waals surface area contributed by atoms with Crippen LogP contribution in [0.15, 0.2) is 30.4 Å². The second-order valence-electron chi connectivity index (χ2n) is 6.01. The van der Waals surface area contributed by atoms with Crippen molar-refractivity contribution in [2.75, 3.05) is 25.0 Å². The average molecular weight is 271 g/mol. The van der Waals surface area contributed by atoms with E-state index in [2.05, 4.69) is 47.6 Å². The molecule has 20 heavy (non-hydrogen) atoms. The van der Waals surface area contributed by atoms with Gasteiger partial charge in [0.15, 0.2) is 0 Å². The Kier molecular flexibility index (Phi) is 4.08. The maximum atomic E-state index is 5.99. The van der Waals surface area contributed by atoms with E-state index in [4.69, 9.17) is 5.73 Å². The molecule has 0 saturated carbocycles. The summed E-state index contributed by atoms with van der Waals surface area (Å²) in [5.74, 6) is 0. The maximum absolute atomic E-state index is 5.99. The van der Waals surface area contributed by atoms with Gasteiger partial charge in [-0.1, -0.05) is 24.3 Å². The van der Waals surface area contributed by atoms with E-state index in [1.807, 2.05) is 0 Å². The van der Waals surface area contributed by atoms with Gasteiger partial charge in [0.25, 0.3) is 0 Å². The van der Waals surface area contributed by atoms with Gasteiger partial charge in [-0.3, -0.25) is 0 Å². The lowest BCUT2D eigenvalue weighted by molar-refractivity contribution is 0.453. The molecule has 1 atom stereocenters. The number of aryl methyl sites for hydroxylation is 1. The third-order valence-corrected chi connectivity index (χ3v) is 4.54. The third-order valence-electron chi connectivity index (χ3n) is 4.54. The Morgan fingerprint density at radius 2 is 2.15 bits per heavy atom. The minimum Gasteiger partial charge on any atom is -0.374 e. The van der Waals surface area contributed by atoms with Crippen LogP contribution in [0, 0.1) is 0 Å². The molecule has 3 N–H and O–H groups in total. The van der Waals surface area contributed by atoms with Gasteiger partial charge in [0.05, 0.1) is 0 Å². The molecule has 3 nitrogen and oxygen atoms in total. The molecule has 0 saturated heterocycles. The van der Waals surface area contributed by atoms with Gasteiger partial charge in [0.1, 0.15) is 0 Å². The molecular weight excluding hydrogens is 246 g/mol. The standard InChI is InChI=1S/C17H25N3/c1-20-10-4-5-14-11-13(8-9-17(14)20)16(12-18)19-15-6-2-3-7-15/h2-3,8-9,11,15-16,19H,4-7,10,12,18H2,1H3. The van der Waals surface area contributed by atoms with E-state index in [0.29, 0.717) is 12.6 Å². The number of nitrogens with two attached hydrogens (primary N) is 1. The highest BCUT2D eigenvalue weighted by molar-refractivity contribution is 5.56. The Bertz CT molecular complexity index is 487. The highest BCUT2D eigenvalue weighted by atomic mass is 15.1. The van der Waals surface area contributed by atoms with Crippen molar-refractivity contribution < 1.29 is 0 Å². The quantitative estimate of drug-likeness (QED) is 0.826. The van der Waals surface area contributed by atoms with Gasteiger partial charge < -0.3 is 16.0 Å². The van der Waals surface area contributed by atoms with E-state index in [-0.39, 0.29) is 6.04 Å². The predicted octanol–water partition coefficient (Wildman–Crippen LogP) is 2.38.